The molecule has 2 atom stereocenters. The molecule has 7 heteroatoms. The molecule has 0 saturated carbocycles. The Morgan fingerprint density at radius 1 is 1.42 bits per heavy atom. The van der Waals surface area contributed by atoms with Crippen LogP contribution in [0.4, 0.5) is 10.5 Å². The third-order valence-corrected chi connectivity index (χ3v) is 3.43. The standard InChI is InChI=1S/C17H23N3O4/c1-5-22-15-14(23-15)10-20-9-11-8-12(6-7-13(11)19-20)18-16(21)24-17(2,3)4/h6-9,14-15H,5,10H2,1-4H3,(H,18,21). The predicted octanol–water partition coefficient (Wildman–Crippen LogP) is 3.14. The third kappa shape index (κ3) is 4.24. The first-order valence-electron chi connectivity index (χ1n) is 8.08. The molecule has 1 N–H and O–H groups in total. The molecule has 2 heterocycles. The zero-order valence-corrected chi connectivity index (χ0v) is 14.4. The number of rotatable bonds is 5. The maximum Gasteiger partial charge on any atom is 0.412 e. The molecule has 1 saturated heterocycles. The summed E-state index contributed by atoms with van der Waals surface area (Å²) in [5.41, 5.74) is 1.00. The van der Waals surface area contributed by atoms with E-state index in [1.807, 2.05) is 50.7 Å². The van der Waals surface area contributed by atoms with Gasteiger partial charge in [-0.25, -0.2) is 4.79 Å². The number of benzene rings is 1. The van der Waals surface area contributed by atoms with Crippen LogP contribution in [0.1, 0.15) is 27.7 Å². The normalized spacial score (nSPS) is 20.2. The summed E-state index contributed by atoms with van der Waals surface area (Å²) in [5.74, 6) is 0. The number of carbonyl (C=O) groups excluding carboxylic acids is 1. The fourth-order valence-corrected chi connectivity index (χ4v) is 2.42. The maximum atomic E-state index is 11.8. The highest BCUT2D eigenvalue weighted by atomic mass is 16.8. The monoisotopic (exact) mass is 333 g/mol. The van der Waals surface area contributed by atoms with E-state index in [4.69, 9.17) is 14.2 Å². The number of hydrogen-bond donors (Lipinski definition) is 1. The van der Waals surface area contributed by atoms with Crippen LogP contribution in [0.2, 0.25) is 0 Å². The minimum Gasteiger partial charge on any atom is -0.444 e. The molecule has 2 unspecified atom stereocenters. The molecule has 1 aliphatic heterocycles. The number of amides is 1. The summed E-state index contributed by atoms with van der Waals surface area (Å²) in [6.45, 7) is 8.72. The number of hydrogen-bond acceptors (Lipinski definition) is 5. The molecule has 24 heavy (non-hydrogen) atoms. The Morgan fingerprint density at radius 2 is 2.21 bits per heavy atom. The van der Waals surface area contributed by atoms with Gasteiger partial charge in [0.15, 0.2) is 6.29 Å². The largest absolute Gasteiger partial charge is 0.444 e. The highest BCUT2D eigenvalue weighted by molar-refractivity contribution is 5.89. The minimum absolute atomic E-state index is 0.0543. The van der Waals surface area contributed by atoms with E-state index in [1.165, 1.54) is 0 Å². The van der Waals surface area contributed by atoms with Crippen LogP contribution in [0, 0.1) is 0 Å². The number of nitrogens with one attached hydrogen (secondary N) is 1. The van der Waals surface area contributed by atoms with Gasteiger partial charge in [-0.3, -0.25) is 10.00 Å². The Kier molecular flexibility index (Phi) is 4.47. The Balaban J connectivity index is 1.65. The lowest BCUT2D eigenvalue weighted by Crippen LogP contribution is -2.27. The average molecular weight is 333 g/mol. The van der Waals surface area contributed by atoms with Crippen molar-refractivity contribution in [3.63, 3.8) is 0 Å². The van der Waals surface area contributed by atoms with Crippen LogP contribution in [0.3, 0.4) is 0 Å². The molecule has 1 aliphatic rings. The Hall–Kier alpha value is -2.12. The van der Waals surface area contributed by atoms with E-state index in [9.17, 15) is 4.79 Å². The van der Waals surface area contributed by atoms with Gasteiger partial charge in [0.1, 0.15) is 11.7 Å². The number of aromatic nitrogens is 2. The first-order valence-corrected chi connectivity index (χ1v) is 8.08. The highest BCUT2D eigenvalue weighted by Gasteiger charge is 2.40. The fraction of sp³-hybridized carbons (Fsp3) is 0.529. The summed E-state index contributed by atoms with van der Waals surface area (Å²) < 4.78 is 17.9. The van der Waals surface area contributed by atoms with Gasteiger partial charge in [-0.05, 0) is 45.9 Å². The average Bonchev–Trinajstić information content (AvgIpc) is 3.05. The molecule has 130 valence electrons. The SMILES string of the molecule is CCOC1OC1Cn1cc2cc(NC(=O)OC(C)(C)C)ccc2n1. The van der Waals surface area contributed by atoms with E-state index in [2.05, 4.69) is 10.4 Å². The van der Waals surface area contributed by atoms with E-state index in [0.717, 1.165) is 10.9 Å². The second-order valence-electron chi connectivity index (χ2n) is 6.75. The van der Waals surface area contributed by atoms with Crippen molar-refractivity contribution in [2.24, 2.45) is 0 Å². The van der Waals surface area contributed by atoms with Crippen LogP contribution in [0.5, 0.6) is 0 Å². The molecular formula is C17H23N3O4. The molecule has 0 radical (unpaired) electrons. The smallest absolute Gasteiger partial charge is 0.412 e. The molecule has 0 aliphatic carbocycles. The Bertz CT molecular complexity index is 735. The van der Waals surface area contributed by atoms with Crippen molar-refractivity contribution in [3.05, 3.63) is 24.4 Å². The quantitative estimate of drug-likeness (QED) is 0.851. The fourth-order valence-electron chi connectivity index (χ4n) is 2.42. The summed E-state index contributed by atoms with van der Waals surface area (Å²) in [7, 11) is 0. The molecule has 1 fully saturated rings. The van der Waals surface area contributed by atoms with Crippen LogP contribution in [0.25, 0.3) is 10.9 Å². The molecule has 0 bridgehead atoms. The van der Waals surface area contributed by atoms with Crippen LogP contribution in [-0.2, 0) is 20.8 Å². The molecule has 7 nitrogen and oxygen atoms in total. The minimum atomic E-state index is -0.527. The Labute approximate surface area is 140 Å². The lowest BCUT2D eigenvalue weighted by atomic mass is 10.2. The van der Waals surface area contributed by atoms with E-state index >= 15 is 0 Å². The summed E-state index contributed by atoms with van der Waals surface area (Å²) in [5, 5.41) is 8.18. The third-order valence-electron chi connectivity index (χ3n) is 3.43. The van der Waals surface area contributed by atoms with Gasteiger partial charge in [-0.2, -0.15) is 5.10 Å². The molecule has 1 amide bonds. The number of nitrogens with zero attached hydrogens (tertiary/aromatic N) is 2. The van der Waals surface area contributed by atoms with E-state index in [-0.39, 0.29) is 12.4 Å². The van der Waals surface area contributed by atoms with Gasteiger partial charge in [0.05, 0.1) is 12.1 Å². The van der Waals surface area contributed by atoms with Gasteiger partial charge in [-0.15, -0.1) is 0 Å². The van der Waals surface area contributed by atoms with Crippen LogP contribution in [-0.4, -0.2) is 40.5 Å². The van der Waals surface area contributed by atoms with Gasteiger partial charge in [0.25, 0.3) is 0 Å². The predicted molar refractivity (Wildman–Crippen MR) is 89.9 cm³/mol. The summed E-state index contributed by atoms with van der Waals surface area (Å²) >= 11 is 0. The molecule has 2 aromatic rings. The van der Waals surface area contributed by atoms with Crippen molar-refractivity contribution in [3.8, 4) is 0 Å². The summed E-state index contributed by atoms with van der Waals surface area (Å²) in [4.78, 5) is 11.8. The number of fused-ring (bicyclic) bond motifs is 1. The van der Waals surface area contributed by atoms with E-state index < -0.39 is 11.7 Å². The zero-order chi connectivity index (χ0) is 17.3. The number of epoxide rings is 1. The van der Waals surface area contributed by atoms with E-state index in [0.29, 0.717) is 18.8 Å². The van der Waals surface area contributed by atoms with Gasteiger partial charge < -0.3 is 14.2 Å². The topological polar surface area (TPSA) is 77.9 Å². The van der Waals surface area contributed by atoms with Crippen molar-refractivity contribution in [1.29, 1.82) is 0 Å². The maximum absolute atomic E-state index is 11.8. The summed E-state index contributed by atoms with van der Waals surface area (Å²) in [6.07, 6.45) is 1.39. The number of ether oxygens (including phenoxy) is 3. The molecular weight excluding hydrogens is 310 g/mol. The van der Waals surface area contributed by atoms with Crippen LogP contribution in [0.15, 0.2) is 24.4 Å². The first kappa shape index (κ1) is 16.7. The number of carbonyl (C=O) groups is 1. The summed E-state index contributed by atoms with van der Waals surface area (Å²) in [6, 6.07) is 5.54. The number of anilines is 1. The molecule has 1 aromatic carbocycles. The van der Waals surface area contributed by atoms with Crippen molar-refractivity contribution < 1.29 is 19.0 Å². The lowest BCUT2D eigenvalue weighted by molar-refractivity contribution is 0.0592. The highest BCUT2D eigenvalue weighted by Crippen LogP contribution is 2.26. The Morgan fingerprint density at radius 3 is 2.92 bits per heavy atom. The van der Waals surface area contributed by atoms with Crippen molar-refractivity contribution >= 4 is 22.7 Å². The zero-order valence-electron chi connectivity index (χ0n) is 14.4. The van der Waals surface area contributed by atoms with Crippen molar-refractivity contribution in [2.45, 2.75) is 52.2 Å². The van der Waals surface area contributed by atoms with E-state index in [1.54, 1.807) is 6.07 Å². The second kappa shape index (κ2) is 6.41. The van der Waals surface area contributed by atoms with Crippen LogP contribution < -0.4 is 5.32 Å². The van der Waals surface area contributed by atoms with Crippen molar-refractivity contribution in [1.82, 2.24) is 9.78 Å². The first-order chi connectivity index (χ1) is 11.3. The van der Waals surface area contributed by atoms with Crippen molar-refractivity contribution in [2.75, 3.05) is 11.9 Å². The van der Waals surface area contributed by atoms with Gasteiger partial charge in [-0.1, -0.05) is 0 Å². The second-order valence-corrected chi connectivity index (χ2v) is 6.75. The van der Waals surface area contributed by atoms with Gasteiger partial charge >= 0.3 is 6.09 Å². The molecule has 3 rings (SSSR count). The van der Waals surface area contributed by atoms with Gasteiger partial charge in [0.2, 0.25) is 0 Å². The van der Waals surface area contributed by atoms with Gasteiger partial charge in [0, 0.05) is 23.9 Å². The molecule has 0 spiro atoms. The molecule has 1 aromatic heterocycles. The van der Waals surface area contributed by atoms with Crippen LogP contribution >= 0.6 is 0 Å². The lowest BCUT2D eigenvalue weighted by Gasteiger charge is -2.19.